The van der Waals surface area contributed by atoms with Gasteiger partial charge < -0.3 is 28.8 Å². The normalized spacial score (nSPS) is 13.4. The predicted octanol–water partition coefficient (Wildman–Crippen LogP) is 23.9. The monoisotopic (exact) mass is 1240 g/mol. The minimum absolute atomic E-state index is 0.000180. The first-order valence-electron chi connectivity index (χ1n) is 32.8. The second-order valence-corrected chi connectivity index (χ2v) is 34.4. The Bertz CT molecular complexity index is 4010. The summed E-state index contributed by atoms with van der Waals surface area (Å²) < 4.78 is 33.9. The number of phenolic OH excluding ortho intramolecular Hbond substituents is 2. The lowest BCUT2D eigenvalue weighted by atomic mass is 9.71. The third-order valence-corrected chi connectivity index (χ3v) is 18.7. The third kappa shape index (κ3) is 13.7. The van der Waals surface area contributed by atoms with Crippen LogP contribution in [-0.4, -0.2) is 32.6 Å². The number of benzene rings is 8. The van der Waals surface area contributed by atoms with E-state index in [4.69, 9.17) is 21.1 Å². The van der Waals surface area contributed by atoms with E-state index >= 15 is 4.39 Å². The minimum atomic E-state index is -0.442. The quantitative estimate of drug-likeness (QED) is 0.106. The topological polar surface area (TPSA) is 68.8 Å². The van der Waals surface area contributed by atoms with Crippen LogP contribution < -0.4 is 9.47 Å². The molecule has 6 nitrogen and oxygen atoms in total. The van der Waals surface area contributed by atoms with Crippen LogP contribution >= 0.6 is 11.6 Å². The molecule has 0 aliphatic rings. The summed E-state index contributed by atoms with van der Waals surface area (Å²) in [4.78, 5) is 0. The van der Waals surface area contributed by atoms with E-state index in [2.05, 4.69) is 252 Å². The SMILES string of the molecule is CC(C)(C)CC(C)(C)c1cc(-c2cc(F)ccc2OCCCOc2ccc(Cl)cc2-c2cc(C(C)(C)CC(C)(C)C)cc(-n3c4ccc(C(C)(C)C)cc4c4cc(C(C)(C)C)ccc43)c2O)c(O)c(-n2c3ccc(C(C)(C)C)cc3c3cc(C(C)(C)C)ccc32)c1. The fourth-order valence-electron chi connectivity index (χ4n) is 14.2. The van der Waals surface area contributed by atoms with Crippen molar-refractivity contribution in [2.45, 2.75) is 204 Å². The summed E-state index contributed by atoms with van der Waals surface area (Å²) in [5, 5.41) is 31.1. The van der Waals surface area contributed by atoms with Crippen molar-refractivity contribution in [3.05, 3.63) is 178 Å². The number of aromatic hydroxyl groups is 2. The Morgan fingerprint density at radius 2 is 0.681 bits per heavy atom. The van der Waals surface area contributed by atoms with Crippen LogP contribution in [0.4, 0.5) is 4.39 Å². The number of fused-ring (bicyclic) bond motifs is 6. The van der Waals surface area contributed by atoms with Gasteiger partial charge in [-0.25, -0.2) is 4.39 Å². The largest absolute Gasteiger partial charge is 0.505 e. The van der Waals surface area contributed by atoms with Crippen LogP contribution in [0.2, 0.25) is 5.02 Å². The van der Waals surface area contributed by atoms with E-state index in [-0.39, 0.29) is 68.0 Å². The van der Waals surface area contributed by atoms with Crippen LogP contribution in [0, 0.1) is 16.6 Å². The van der Waals surface area contributed by atoms with E-state index in [9.17, 15) is 10.2 Å². The van der Waals surface area contributed by atoms with Crippen molar-refractivity contribution >= 4 is 55.2 Å². The van der Waals surface area contributed by atoms with Crippen molar-refractivity contribution in [3.63, 3.8) is 0 Å². The van der Waals surface area contributed by atoms with E-state index in [1.807, 2.05) is 24.3 Å². The maximum atomic E-state index is 16.0. The van der Waals surface area contributed by atoms with Gasteiger partial charge in [0.15, 0.2) is 0 Å². The van der Waals surface area contributed by atoms with Crippen molar-refractivity contribution in [3.8, 4) is 56.6 Å². The molecule has 0 unspecified atom stereocenters. The molecule has 0 amide bonds. The van der Waals surface area contributed by atoms with Crippen LogP contribution in [-0.2, 0) is 32.5 Å². The van der Waals surface area contributed by atoms with Gasteiger partial charge in [0.25, 0.3) is 0 Å². The summed E-state index contributed by atoms with van der Waals surface area (Å²) in [7, 11) is 0. The maximum absolute atomic E-state index is 16.0. The Balaban J connectivity index is 1.04. The maximum Gasteiger partial charge on any atom is 0.147 e. The highest BCUT2D eigenvalue weighted by atomic mass is 35.5. The third-order valence-electron chi connectivity index (χ3n) is 18.4. The number of aromatic nitrogens is 2. The lowest BCUT2D eigenvalue weighted by Crippen LogP contribution is -2.25. The molecule has 10 rings (SSSR count). The fourth-order valence-corrected chi connectivity index (χ4v) is 14.3. The summed E-state index contributed by atoms with van der Waals surface area (Å²) in [6.45, 7) is 50.1. The fraction of sp³-hybridized carbons (Fsp3) is 0.422. The number of phenols is 2. The number of hydrogen-bond acceptors (Lipinski definition) is 4. The number of ether oxygens (including phenoxy) is 2. The van der Waals surface area contributed by atoms with E-state index in [1.54, 1.807) is 6.07 Å². The molecule has 0 aliphatic heterocycles. The van der Waals surface area contributed by atoms with Gasteiger partial charge in [-0.05, 0) is 199 Å². The number of rotatable bonds is 14. The molecule has 10 aromatic rings. The predicted molar refractivity (Wildman–Crippen MR) is 385 cm³/mol. The average Bonchev–Trinajstić information content (AvgIpc) is 1.62. The zero-order valence-electron chi connectivity index (χ0n) is 58.6. The Labute approximate surface area is 547 Å². The van der Waals surface area contributed by atoms with Gasteiger partial charge in [0.2, 0.25) is 0 Å². The van der Waals surface area contributed by atoms with Crippen LogP contribution in [0.25, 0.3) is 77.2 Å². The molecular formula is C83H100ClFN2O4. The molecule has 0 radical (unpaired) electrons. The highest BCUT2D eigenvalue weighted by molar-refractivity contribution is 6.31. The lowest BCUT2D eigenvalue weighted by molar-refractivity contribution is 0.248. The van der Waals surface area contributed by atoms with E-state index in [0.717, 1.165) is 67.6 Å². The minimum Gasteiger partial charge on any atom is -0.505 e. The van der Waals surface area contributed by atoms with Crippen molar-refractivity contribution in [2.75, 3.05) is 13.2 Å². The highest BCUT2D eigenvalue weighted by Crippen LogP contribution is 2.51. The molecule has 0 saturated carbocycles. The molecule has 480 valence electrons. The van der Waals surface area contributed by atoms with Gasteiger partial charge in [0, 0.05) is 55.2 Å². The summed E-state index contributed by atoms with van der Waals surface area (Å²) in [6.07, 6.45) is 2.19. The van der Waals surface area contributed by atoms with Gasteiger partial charge in [-0.3, -0.25) is 0 Å². The first kappa shape index (κ1) is 66.7. The standard InChI is InChI=1S/C83H100ClFN2O4/c1-76(2,3)48-82(19,20)54-42-64(74(88)70(44-54)86-66-30-24-50(78(7,8)9)38-58(66)59-39-51(79(10,11)12)25-31-67(59)86)62-46-56(84)28-34-72(62)90-36-23-37-91-73-35-29-57(85)47-63(73)65-43-55(83(21,22)49-77(4,5)6)45-71(75(65)89)87-68-32-26-52(80(13,14)15)40-60(68)61-41-53(81(16,17)18)27-33-69(61)87/h24-35,38-47,88-89H,23,36-37,48-49H2,1-22H3. The van der Waals surface area contributed by atoms with Crippen molar-refractivity contribution < 1.29 is 24.1 Å². The highest BCUT2D eigenvalue weighted by Gasteiger charge is 2.34. The average molecular weight is 1240 g/mol. The lowest BCUT2D eigenvalue weighted by Gasteiger charge is -2.34. The second kappa shape index (κ2) is 23.4. The van der Waals surface area contributed by atoms with Crippen molar-refractivity contribution in [1.82, 2.24) is 9.13 Å². The molecule has 8 aromatic carbocycles. The van der Waals surface area contributed by atoms with Gasteiger partial charge in [0.1, 0.15) is 28.8 Å². The number of hydrogen-bond donors (Lipinski definition) is 2. The van der Waals surface area contributed by atoms with E-state index in [0.29, 0.717) is 56.6 Å². The molecule has 2 N–H and O–H groups in total. The van der Waals surface area contributed by atoms with Gasteiger partial charge in [-0.15, -0.1) is 0 Å². The molecule has 2 aromatic heterocycles. The van der Waals surface area contributed by atoms with Gasteiger partial charge in [-0.1, -0.05) is 188 Å². The summed E-state index contributed by atoms with van der Waals surface area (Å²) in [6, 6.07) is 45.6. The van der Waals surface area contributed by atoms with Crippen LogP contribution in [0.1, 0.15) is 205 Å². The zero-order valence-corrected chi connectivity index (χ0v) is 59.4. The molecule has 0 bridgehead atoms. The Morgan fingerprint density at radius 1 is 0.363 bits per heavy atom. The summed E-state index contributed by atoms with van der Waals surface area (Å²) in [5.41, 5.74) is 13.4. The summed E-state index contributed by atoms with van der Waals surface area (Å²) in [5.74, 6) is 0.708. The van der Waals surface area contributed by atoms with Crippen LogP contribution in [0.3, 0.4) is 0 Å². The molecular weight excluding hydrogens is 1140 g/mol. The molecule has 0 atom stereocenters. The molecule has 0 spiro atoms. The van der Waals surface area contributed by atoms with Crippen molar-refractivity contribution in [1.29, 1.82) is 0 Å². The molecule has 0 fully saturated rings. The smallest absolute Gasteiger partial charge is 0.147 e. The van der Waals surface area contributed by atoms with Crippen molar-refractivity contribution in [2.24, 2.45) is 10.8 Å². The second-order valence-electron chi connectivity index (χ2n) is 34.0. The molecule has 2 heterocycles. The van der Waals surface area contributed by atoms with E-state index in [1.165, 1.54) is 34.4 Å². The van der Waals surface area contributed by atoms with Crippen LogP contribution in [0.15, 0.2) is 133 Å². The Hall–Kier alpha value is -7.22. The summed E-state index contributed by atoms with van der Waals surface area (Å²) >= 11 is 6.96. The van der Waals surface area contributed by atoms with Gasteiger partial charge in [0.05, 0.1) is 46.7 Å². The molecule has 8 heteroatoms. The van der Waals surface area contributed by atoms with E-state index < -0.39 is 5.82 Å². The zero-order chi connectivity index (χ0) is 66.7. The van der Waals surface area contributed by atoms with Gasteiger partial charge >= 0.3 is 0 Å². The first-order valence-corrected chi connectivity index (χ1v) is 33.2. The molecule has 91 heavy (non-hydrogen) atoms. The van der Waals surface area contributed by atoms with Gasteiger partial charge in [-0.2, -0.15) is 0 Å². The van der Waals surface area contributed by atoms with Crippen LogP contribution in [0.5, 0.6) is 23.0 Å². The Morgan fingerprint density at radius 3 is 1.00 bits per heavy atom. The number of nitrogens with zero attached hydrogens (tertiary/aromatic N) is 2. The first-order chi connectivity index (χ1) is 42.0. The Kier molecular flexibility index (Phi) is 17.2. The molecule has 0 saturated heterocycles. The molecule has 0 aliphatic carbocycles. The number of halogens is 2.